The van der Waals surface area contributed by atoms with E-state index in [0.717, 1.165) is 16.9 Å². The lowest BCUT2D eigenvalue weighted by atomic mass is 10.1. The summed E-state index contributed by atoms with van der Waals surface area (Å²) in [6, 6.07) is 5.77. The fourth-order valence-corrected chi connectivity index (χ4v) is 2.49. The van der Waals surface area contributed by atoms with Gasteiger partial charge in [-0.1, -0.05) is 18.2 Å². The average Bonchev–Trinajstić information content (AvgIpc) is 2.46. The molecule has 0 aliphatic carbocycles. The largest absolute Gasteiger partial charge is 0.491 e. The molecule has 1 heterocycles. The molecular formula is C16H24N2O3. The second kappa shape index (κ2) is 7.43. The number of morpholine rings is 1. The SMILES string of the molecule is Cc1cccc(C)c1OCCNC(=O)[C@H]1NCCO[C@@H]1C. The Morgan fingerprint density at radius 2 is 2.14 bits per heavy atom. The van der Waals surface area contributed by atoms with Crippen molar-refractivity contribution in [3.8, 4) is 5.75 Å². The van der Waals surface area contributed by atoms with Gasteiger partial charge in [0, 0.05) is 6.54 Å². The maximum absolute atomic E-state index is 12.0. The van der Waals surface area contributed by atoms with E-state index in [1.807, 2.05) is 39.0 Å². The van der Waals surface area contributed by atoms with Crippen LogP contribution in [0.5, 0.6) is 5.75 Å². The van der Waals surface area contributed by atoms with Crippen molar-refractivity contribution in [3.63, 3.8) is 0 Å². The minimum absolute atomic E-state index is 0.0349. The number of hydrogen-bond acceptors (Lipinski definition) is 4. The summed E-state index contributed by atoms with van der Waals surface area (Å²) in [5, 5.41) is 6.05. The van der Waals surface area contributed by atoms with Gasteiger partial charge in [0.15, 0.2) is 0 Å². The molecule has 2 atom stereocenters. The fraction of sp³-hybridized carbons (Fsp3) is 0.562. The maximum atomic E-state index is 12.0. The van der Waals surface area contributed by atoms with E-state index in [2.05, 4.69) is 10.6 Å². The Morgan fingerprint density at radius 1 is 1.43 bits per heavy atom. The van der Waals surface area contributed by atoms with Gasteiger partial charge in [-0.05, 0) is 31.9 Å². The molecular weight excluding hydrogens is 268 g/mol. The normalized spacial score (nSPS) is 21.9. The summed E-state index contributed by atoms with van der Waals surface area (Å²) in [5.41, 5.74) is 2.22. The van der Waals surface area contributed by atoms with Gasteiger partial charge in [-0.15, -0.1) is 0 Å². The molecule has 0 bridgehead atoms. The predicted molar refractivity (Wildman–Crippen MR) is 81.6 cm³/mol. The van der Waals surface area contributed by atoms with Crippen LogP contribution >= 0.6 is 0 Å². The molecule has 0 aromatic heterocycles. The standard InChI is InChI=1S/C16H24N2O3/c1-11-5-4-6-12(2)15(11)21-10-8-18-16(19)14-13(3)20-9-7-17-14/h4-6,13-14,17H,7-10H2,1-3H3,(H,18,19)/t13-,14+/m1/s1. The topological polar surface area (TPSA) is 59.6 Å². The molecule has 1 amide bonds. The van der Waals surface area contributed by atoms with Crippen LogP contribution in [0.2, 0.25) is 0 Å². The molecule has 21 heavy (non-hydrogen) atoms. The Balaban J connectivity index is 1.75. The molecule has 2 N–H and O–H groups in total. The Kier molecular flexibility index (Phi) is 5.59. The smallest absolute Gasteiger partial charge is 0.239 e. The number of rotatable bonds is 5. The fourth-order valence-electron chi connectivity index (χ4n) is 2.49. The second-order valence-electron chi connectivity index (χ2n) is 5.37. The van der Waals surface area contributed by atoms with Crippen molar-refractivity contribution in [3.05, 3.63) is 29.3 Å². The number of nitrogens with one attached hydrogen (secondary N) is 2. The Labute approximate surface area is 126 Å². The van der Waals surface area contributed by atoms with E-state index in [4.69, 9.17) is 9.47 Å². The van der Waals surface area contributed by atoms with Gasteiger partial charge in [0.1, 0.15) is 18.4 Å². The summed E-state index contributed by atoms with van der Waals surface area (Å²) in [7, 11) is 0. The minimum Gasteiger partial charge on any atom is -0.491 e. The lowest BCUT2D eigenvalue weighted by molar-refractivity contribution is -0.129. The van der Waals surface area contributed by atoms with Crippen molar-refractivity contribution in [1.29, 1.82) is 0 Å². The van der Waals surface area contributed by atoms with Crippen molar-refractivity contribution in [2.75, 3.05) is 26.3 Å². The van der Waals surface area contributed by atoms with Crippen molar-refractivity contribution in [2.24, 2.45) is 0 Å². The second-order valence-corrected chi connectivity index (χ2v) is 5.37. The molecule has 0 saturated carbocycles. The third-order valence-corrected chi connectivity index (χ3v) is 3.66. The lowest BCUT2D eigenvalue weighted by Gasteiger charge is -2.29. The molecule has 0 radical (unpaired) electrons. The molecule has 116 valence electrons. The van der Waals surface area contributed by atoms with Gasteiger partial charge in [0.25, 0.3) is 0 Å². The number of para-hydroxylation sites is 1. The predicted octanol–water partition coefficient (Wildman–Crippen LogP) is 1.18. The van der Waals surface area contributed by atoms with E-state index in [0.29, 0.717) is 26.3 Å². The van der Waals surface area contributed by atoms with Gasteiger partial charge in [-0.2, -0.15) is 0 Å². The van der Waals surface area contributed by atoms with Crippen LogP contribution in [0.4, 0.5) is 0 Å². The first-order chi connectivity index (χ1) is 10.1. The summed E-state index contributed by atoms with van der Waals surface area (Å²) in [4.78, 5) is 12.0. The molecule has 1 fully saturated rings. The van der Waals surface area contributed by atoms with Gasteiger partial charge in [-0.25, -0.2) is 0 Å². The van der Waals surface area contributed by atoms with Crippen molar-refractivity contribution < 1.29 is 14.3 Å². The molecule has 1 saturated heterocycles. The van der Waals surface area contributed by atoms with Crippen molar-refractivity contribution >= 4 is 5.91 Å². The molecule has 1 aliphatic rings. The number of benzene rings is 1. The van der Waals surface area contributed by atoms with Crippen LogP contribution in [0, 0.1) is 13.8 Å². The molecule has 0 unspecified atom stereocenters. The third kappa shape index (κ3) is 4.19. The first-order valence-corrected chi connectivity index (χ1v) is 7.41. The van der Waals surface area contributed by atoms with Crippen molar-refractivity contribution in [1.82, 2.24) is 10.6 Å². The number of carbonyl (C=O) groups is 1. The Bertz CT molecular complexity index is 470. The molecule has 0 spiro atoms. The highest BCUT2D eigenvalue weighted by molar-refractivity contribution is 5.82. The molecule has 1 aliphatic heterocycles. The number of ether oxygens (including phenoxy) is 2. The first kappa shape index (κ1) is 15.8. The van der Waals surface area contributed by atoms with Crippen LogP contribution in [0.25, 0.3) is 0 Å². The van der Waals surface area contributed by atoms with Crippen LogP contribution in [-0.4, -0.2) is 44.4 Å². The summed E-state index contributed by atoms with van der Waals surface area (Å²) in [6.07, 6.45) is -0.0988. The maximum Gasteiger partial charge on any atom is 0.239 e. The summed E-state index contributed by atoms with van der Waals surface area (Å²) < 4.78 is 11.2. The molecule has 1 aromatic carbocycles. The van der Waals surface area contributed by atoms with Crippen LogP contribution in [0.3, 0.4) is 0 Å². The average molecular weight is 292 g/mol. The first-order valence-electron chi connectivity index (χ1n) is 7.41. The van der Waals surface area contributed by atoms with E-state index in [1.165, 1.54) is 0 Å². The highest BCUT2D eigenvalue weighted by Gasteiger charge is 2.27. The summed E-state index contributed by atoms with van der Waals surface area (Å²) in [5.74, 6) is 0.867. The third-order valence-electron chi connectivity index (χ3n) is 3.66. The van der Waals surface area contributed by atoms with Crippen LogP contribution in [0.1, 0.15) is 18.1 Å². The highest BCUT2D eigenvalue weighted by Crippen LogP contribution is 2.21. The Hall–Kier alpha value is -1.59. The van der Waals surface area contributed by atoms with Crippen LogP contribution < -0.4 is 15.4 Å². The summed E-state index contributed by atoms with van der Waals surface area (Å²) in [6.45, 7) is 8.25. The van der Waals surface area contributed by atoms with E-state index in [-0.39, 0.29) is 18.1 Å². The van der Waals surface area contributed by atoms with Gasteiger partial charge in [0.2, 0.25) is 5.91 Å². The zero-order valence-electron chi connectivity index (χ0n) is 12.9. The number of amides is 1. The quantitative estimate of drug-likeness (QED) is 0.800. The van der Waals surface area contributed by atoms with Crippen molar-refractivity contribution in [2.45, 2.75) is 32.9 Å². The van der Waals surface area contributed by atoms with E-state index in [9.17, 15) is 4.79 Å². The zero-order chi connectivity index (χ0) is 15.2. The van der Waals surface area contributed by atoms with E-state index >= 15 is 0 Å². The number of carbonyl (C=O) groups excluding carboxylic acids is 1. The number of aryl methyl sites for hydroxylation is 2. The summed E-state index contributed by atoms with van der Waals surface area (Å²) >= 11 is 0. The van der Waals surface area contributed by atoms with E-state index in [1.54, 1.807) is 0 Å². The van der Waals surface area contributed by atoms with Gasteiger partial charge in [0.05, 0.1) is 19.3 Å². The van der Waals surface area contributed by atoms with Gasteiger partial charge < -0.3 is 20.1 Å². The Morgan fingerprint density at radius 3 is 2.81 bits per heavy atom. The van der Waals surface area contributed by atoms with Gasteiger partial charge >= 0.3 is 0 Å². The van der Waals surface area contributed by atoms with E-state index < -0.39 is 0 Å². The molecule has 5 heteroatoms. The molecule has 2 rings (SSSR count). The van der Waals surface area contributed by atoms with Crippen LogP contribution in [-0.2, 0) is 9.53 Å². The minimum atomic E-state index is -0.279. The molecule has 5 nitrogen and oxygen atoms in total. The lowest BCUT2D eigenvalue weighted by Crippen LogP contribution is -2.55. The molecule has 1 aromatic rings. The highest BCUT2D eigenvalue weighted by atomic mass is 16.5. The van der Waals surface area contributed by atoms with Crippen LogP contribution in [0.15, 0.2) is 18.2 Å². The monoisotopic (exact) mass is 292 g/mol. The van der Waals surface area contributed by atoms with Gasteiger partial charge in [-0.3, -0.25) is 4.79 Å². The number of hydrogen-bond donors (Lipinski definition) is 2. The zero-order valence-corrected chi connectivity index (χ0v) is 12.9.